The van der Waals surface area contributed by atoms with Crippen LogP contribution in [-0.4, -0.2) is 29.0 Å². The Morgan fingerprint density at radius 1 is 1.32 bits per heavy atom. The number of nitrogens with one attached hydrogen (secondary N) is 1. The van der Waals surface area contributed by atoms with E-state index in [1.807, 2.05) is 30.3 Å². The molecule has 1 aromatic carbocycles. The van der Waals surface area contributed by atoms with Crippen LogP contribution in [0.1, 0.15) is 31.2 Å². The first-order chi connectivity index (χ1) is 9.15. The Balaban J connectivity index is 1.75. The van der Waals surface area contributed by atoms with E-state index in [0.29, 0.717) is 25.2 Å². The number of carbonyl (C=O) groups excluding carboxylic acids is 1. The highest BCUT2D eigenvalue weighted by molar-refractivity contribution is 6.43. The average molecular weight is 261 g/mol. The molecule has 3 N–H and O–H groups in total. The van der Waals surface area contributed by atoms with E-state index < -0.39 is 13.1 Å². The Bertz CT molecular complexity index is 406. The summed E-state index contributed by atoms with van der Waals surface area (Å²) in [6.45, 7) is 0. The number of amides is 1. The summed E-state index contributed by atoms with van der Waals surface area (Å²) < 4.78 is 0. The quantitative estimate of drug-likeness (QED) is 0.639. The van der Waals surface area contributed by atoms with Gasteiger partial charge in [-0.15, -0.1) is 0 Å². The van der Waals surface area contributed by atoms with Crippen molar-refractivity contribution in [1.82, 2.24) is 5.32 Å². The number of hydrogen-bond acceptors (Lipinski definition) is 3. The number of aryl methyl sites for hydroxylation is 1. The van der Waals surface area contributed by atoms with Crippen molar-refractivity contribution in [3.8, 4) is 0 Å². The monoisotopic (exact) mass is 261 g/mol. The normalized spacial score (nSPS) is 15.9. The topological polar surface area (TPSA) is 69.6 Å². The van der Waals surface area contributed by atoms with Crippen LogP contribution in [0.4, 0.5) is 0 Å². The molecule has 19 heavy (non-hydrogen) atoms. The van der Waals surface area contributed by atoms with Crippen molar-refractivity contribution < 1.29 is 14.8 Å². The van der Waals surface area contributed by atoms with Crippen LogP contribution >= 0.6 is 0 Å². The maximum atomic E-state index is 11.8. The molecule has 0 radical (unpaired) electrons. The van der Waals surface area contributed by atoms with Gasteiger partial charge in [0.2, 0.25) is 5.91 Å². The van der Waals surface area contributed by atoms with Crippen LogP contribution in [0.5, 0.6) is 0 Å². The van der Waals surface area contributed by atoms with Crippen molar-refractivity contribution in [2.75, 3.05) is 0 Å². The van der Waals surface area contributed by atoms with Gasteiger partial charge in [0.25, 0.3) is 0 Å². The Kier molecular flexibility index (Phi) is 4.99. The Hall–Kier alpha value is -1.33. The first-order valence-electron chi connectivity index (χ1n) is 6.84. The molecular weight excluding hydrogens is 241 g/mol. The van der Waals surface area contributed by atoms with E-state index in [2.05, 4.69) is 5.32 Å². The van der Waals surface area contributed by atoms with E-state index in [0.717, 1.165) is 18.4 Å². The molecule has 0 aromatic heterocycles. The highest BCUT2D eigenvalue weighted by Gasteiger charge is 2.32. The first-order valence-corrected chi connectivity index (χ1v) is 6.84. The summed E-state index contributed by atoms with van der Waals surface area (Å²) in [7, 11) is -1.47. The SMILES string of the molecule is O=C(CCc1ccccc1)N[C@@H](CC1CC1)B(O)O. The zero-order valence-electron chi connectivity index (χ0n) is 11.0. The molecule has 1 fully saturated rings. The maximum absolute atomic E-state index is 11.8. The zero-order valence-corrected chi connectivity index (χ0v) is 11.0. The molecule has 1 aliphatic carbocycles. The first kappa shape index (κ1) is 14.1. The third-order valence-corrected chi connectivity index (χ3v) is 3.47. The third kappa shape index (κ3) is 5.05. The predicted molar refractivity (Wildman–Crippen MR) is 74.2 cm³/mol. The molecule has 1 aromatic rings. The molecule has 1 aliphatic rings. The van der Waals surface area contributed by atoms with E-state index in [-0.39, 0.29) is 5.91 Å². The molecular formula is C14H20BNO3. The van der Waals surface area contributed by atoms with Gasteiger partial charge in [0.15, 0.2) is 0 Å². The zero-order chi connectivity index (χ0) is 13.7. The average Bonchev–Trinajstić information content (AvgIpc) is 3.21. The summed E-state index contributed by atoms with van der Waals surface area (Å²) in [5.41, 5.74) is 1.11. The van der Waals surface area contributed by atoms with E-state index >= 15 is 0 Å². The number of hydrogen-bond donors (Lipinski definition) is 3. The van der Waals surface area contributed by atoms with E-state index in [1.165, 1.54) is 0 Å². The molecule has 0 saturated heterocycles. The van der Waals surface area contributed by atoms with Crippen LogP contribution in [0, 0.1) is 5.92 Å². The second-order valence-electron chi connectivity index (χ2n) is 5.25. The summed E-state index contributed by atoms with van der Waals surface area (Å²) in [6, 6.07) is 9.80. The minimum atomic E-state index is -1.47. The summed E-state index contributed by atoms with van der Waals surface area (Å²) in [5.74, 6) is -0.111. The van der Waals surface area contributed by atoms with Crippen molar-refractivity contribution in [3.63, 3.8) is 0 Å². The van der Waals surface area contributed by atoms with Gasteiger partial charge in [-0.25, -0.2) is 0 Å². The summed E-state index contributed by atoms with van der Waals surface area (Å²) in [6.07, 6.45) is 3.96. The standard InChI is InChI=1S/C14H20BNO3/c17-14(9-8-11-4-2-1-3-5-11)16-13(15(18)19)10-12-6-7-12/h1-5,12-13,18-19H,6-10H2,(H,16,17)/t13-/m0/s1. The summed E-state index contributed by atoms with van der Waals surface area (Å²) in [4.78, 5) is 11.8. The molecule has 0 heterocycles. The number of benzene rings is 1. The van der Waals surface area contributed by atoms with E-state index in [4.69, 9.17) is 0 Å². The lowest BCUT2D eigenvalue weighted by Gasteiger charge is -2.17. The van der Waals surface area contributed by atoms with Crippen molar-refractivity contribution in [1.29, 1.82) is 0 Å². The van der Waals surface area contributed by atoms with Gasteiger partial charge >= 0.3 is 7.12 Å². The van der Waals surface area contributed by atoms with Crippen molar-refractivity contribution in [2.45, 2.75) is 38.0 Å². The Labute approximate surface area is 114 Å². The highest BCUT2D eigenvalue weighted by Crippen LogP contribution is 2.33. The van der Waals surface area contributed by atoms with Gasteiger partial charge in [-0.1, -0.05) is 43.2 Å². The van der Waals surface area contributed by atoms with Crippen LogP contribution in [0.25, 0.3) is 0 Å². The third-order valence-electron chi connectivity index (χ3n) is 3.47. The Morgan fingerprint density at radius 3 is 2.58 bits per heavy atom. The van der Waals surface area contributed by atoms with Gasteiger partial charge in [-0.3, -0.25) is 4.79 Å². The molecule has 1 saturated carbocycles. The van der Waals surface area contributed by atoms with Crippen LogP contribution in [0.2, 0.25) is 0 Å². The van der Waals surface area contributed by atoms with Crippen LogP contribution in [0.15, 0.2) is 30.3 Å². The molecule has 1 amide bonds. The Morgan fingerprint density at radius 2 is 2.00 bits per heavy atom. The lowest BCUT2D eigenvalue weighted by molar-refractivity contribution is -0.121. The lowest BCUT2D eigenvalue weighted by atomic mass is 9.76. The lowest BCUT2D eigenvalue weighted by Crippen LogP contribution is -2.46. The maximum Gasteiger partial charge on any atom is 0.475 e. The smallest absolute Gasteiger partial charge is 0.426 e. The van der Waals surface area contributed by atoms with Crippen molar-refractivity contribution in [2.24, 2.45) is 5.92 Å². The molecule has 102 valence electrons. The van der Waals surface area contributed by atoms with Crippen molar-refractivity contribution >= 4 is 13.0 Å². The fourth-order valence-corrected chi connectivity index (χ4v) is 2.15. The van der Waals surface area contributed by atoms with Gasteiger partial charge in [0, 0.05) is 6.42 Å². The second kappa shape index (κ2) is 6.73. The van der Waals surface area contributed by atoms with Crippen LogP contribution in [0.3, 0.4) is 0 Å². The molecule has 0 spiro atoms. The predicted octanol–water partition coefficient (Wildman–Crippen LogP) is 0.916. The minimum absolute atomic E-state index is 0.123. The molecule has 0 bridgehead atoms. The highest BCUT2D eigenvalue weighted by atomic mass is 16.4. The fourth-order valence-electron chi connectivity index (χ4n) is 2.15. The second-order valence-corrected chi connectivity index (χ2v) is 5.25. The molecule has 5 heteroatoms. The van der Waals surface area contributed by atoms with Crippen molar-refractivity contribution in [3.05, 3.63) is 35.9 Å². The van der Waals surface area contributed by atoms with Crippen LogP contribution < -0.4 is 5.32 Å². The van der Waals surface area contributed by atoms with Gasteiger partial charge < -0.3 is 15.4 Å². The van der Waals surface area contributed by atoms with Gasteiger partial charge in [-0.2, -0.15) is 0 Å². The van der Waals surface area contributed by atoms with Crippen LogP contribution in [-0.2, 0) is 11.2 Å². The number of carbonyl (C=O) groups is 1. The van der Waals surface area contributed by atoms with E-state index in [1.54, 1.807) is 0 Å². The number of rotatable bonds is 7. The molecule has 2 rings (SSSR count). The van der Waals surface area contributed by atoms with Gasteiger partial charge in [0.1, 0.15) is 0 Å². The largest absolute Gasteiger partial charge is 0.475 e. The summed E-state index contributed by atoms with van der Waals surface area (Å²) in [5, 5.41) is 21.2. The molecule has 4 nitrogen and oxygen atoms in total. The van der Waals surface area contributed by atoms with Gasteiger partial charge in [0.05, 0.1) is 5.94 Å². The molecule has 1 atom stereocenters. The fraction of sp³-hybridized carbons (Fsp3) is 0.500. The minimum Gasteiger partial charge on any atom is -0.426 e. The van der Waals surface area contributed by atoms with Gasteiger partial charge in [-0.05, 0) is 24.3 Å². The molecule has 0 unspecified atom stereocenters. The summed E-state index contributed by atoms with van der Waals surface area (Å²) >= 11 is 0. The van der Waals surface area contributed by atoms with E-state index in [9.17, 15) is 14.8 Å². The molecule has 0 aliphatic heterocycles.